The van der Waals surface area contributed by atoms with Crippen LogP contribution in [0.15, 0.2) is 64.2 Å². The van der Waals surface area contributed by atoms with Gasteiger partial charge in [0.05, 0.1) is 5.57 Å². The molecule has 2 aliphatic heterocycles. The van der Waals surface area contributed by atoms with E-state index < -0.39 is 5.91 Å². The first kappa shape index (κ1) is 22.0. The molecule has 0 aliphatic carbocycles. The molecule has 0 saturated carbocycles. The molecule has 8 heteroatoms. The van der Waals surface area contributed by atoms with Gasteiger partial charge >= 0.3 is 0 Å². The third-order valence-electron chi connectivity index (χ3n) is 5.78. The van der Waals surface area contributed by atoms with E-state index in [2.05, 4.69) is 46.7 Å². The molecule has 2 aromatic carbocycles. The van der Waals surface area contributed by atoms with Crippen LogP contribution in [0.1, 0.15) is 33.6 Å². The zero-order chi connectivity index (χ0) is 24.1. The Labute approximate surface area is 201 Å². The van der Waals surface area contributed by atoms with Crippen LogP contribution in [0.4, 0.5) is 4.39 Å². The Morgan fingerprint density at radius 1 is 1.00 bits per heavy atom. The van der Waals surface area contributed by atoms with Crippen LogP contribution in [0, 0.1) is 38.9 Å². The summed E-state index contributed by atoms with van der Waals surface area (Å²) in [6, 6.07) is 14.3. The molecule has 0 fully saturated rings. The predicted octanol–water partition coefficient (Wildman–Crippen LogP) is 5.52. The minimum absolute atomic E-state index is 0.0317. The van der Waals surface area contributed by atoms with Gasteiger partial charge in [-0.2, -0.15) is 15.1 Å². The Morgan fingerprint density at radius 2 is 1.68 bits per heavy atom. The molecule has 3 aromatic rings. The van der Waals surface area contributed by atoms with E-state index in [1.54, 1.807) is 18.2 Å². The molecule has 0 atom stereocenters. The van der Waals surface area contributed by atoms with Crippen molar-refractivity contribution in [3.05, 3.63) is 93.6 Å². The first-order valence-electron chi connectivity index (χ1n) is 10.7. The molecule has 6 nitrogen and oxygen atoms in total. The number of amidine groups is 2. The predicted molar refractivity (Wildman–Crippen MR) is 135 cm³/mol. The number of nitrogens with one attached hydrogen (secondary N) is 1. The van der Waals surface area contributed by atoms with Crippen molar-refractivity contribution in [3.63, 3.8) is 0 Å². The maximum absolute atomic E-state index is 13.3. The summed E-state index contributed by atoms with van der Waals surface area (Å²) in [6.07, 6.45) is 1.71. The smallest absolute Gasteiger partial charge is 0.283 e. The van der Waals surface area contributed by atoms with Crippen LogP contribution in [-0.2, 0) is 4.79 Å². The lowest BCUT2D eigenvalue weighted by Gasteiger charge is -2.20. The lowest BCUT2D eigenvalue weighted by Crippen LogP contribution is -2.35. The van der Waals surface area contributed by atoms with Crippen LogP contribution >= 0.6 is 11.8 Å². The Morgan fingerprint density at radius 3 is 2.35 bits per heavy atom. The number of hydrazone groups is 1. The summed E-state index contributed by atoms with van der Waals surface area (Å²) in [5, 5.41) is 15.4. The second kappa shape index (κ2) is 8.22. The standard InChI is InChI=1S/C26H22FN5OS/c1-14-9-15(2)11-21(10-14)31-16(3)12-19(17(31)4)13-22-23(28)32-26(29-24(22)33)34-25(30-32)18-5-7-20(27)8-6-18/h5-13,28H,1-4H3/b22-13-,28-23?. The largest absolute Gasteiger partial charge is 0.318 e. The zero-order valence-corrected chi connectivity index (χ0v) is 20.0. The molecule has 2 aliphatic rings. The highest BCUT2D eigenvalue weighted by Gasteiger charge is 2.36. The number of benzene rings is 2. The van der Waals surface area contributed by atoms with Gasteiger partial charge in [0.2, 0.25) is 5.17 Å². The molecule has 1 amide bonds. The van der Waals surface area contributed by atoms with Gasteiger partial charge in [-0.15, -0.1) is 0 Å². The average molecular weight is 472 g/mol. The highest BCUT2D eigenvalue weighted by atomic mass is 32.2. The number of aryl methyl sites for hydroxylation is 3. The van der Waals surface area contributed by atoms with Gasteiger partial charge in [-0.1, -0.05) is 6.07 Å². The lowest BCUT2D eigenvalue weighted by atomic mass is 10.1. The number of aliphatic imine (C=N–C) groups is 1. The van der Waals surface area contributed by atoms with Gasteiger partial charge in [0.15, 0.2) is 5.84 Å². The second-order valence-corrected chi connectivity index (χ2v) is 9.40. The molecule has 0 bridgehead atoms. The van der Waals surface area contributed by atoms with E-state index in [9.17, 15) is 9.18 Å². The first-order valence-corrected chi connectivity index (χ1v) is 11.6. The van der Waals surface area contributed by atoms with E-state index in [-0.39, 0.29) is 17.2 Å². The SMILES string of the molecule is Cc1cc(C)cc(-n2c(C)cc(/C=C3/C(=N)N4N=C(c5ccc(F)cc5)SC4=NC3=O)c2C)c1. The number of amides is 1. The number of carbonyl (C=O) groups excluding carboxylic acids is 1. The summed E-state index contributed by atoms with van der Waals surface area (Å²) in [4.78, 5) is 17.0. The summed E-state index contributed by atoms with van der Waals surface area (Å²) < 4.78 is 15.4. The van der Waals surface area contributed by atoms with Gasteiger partial charge in [-0.3, -0.25) is 10.2 Å². The van der Waals surface area contributed by atoms with Gasteiger partial charge < -0.3 is 4.57 Å². The number of aromatic nitrogens is 1. The summed E-state index contributed by atoms with van der Waals surface area (Å²) >= 11 is 1.19. The maximum atomic E-state index is 13.3. The molecule has 34 heavy (non-hydrogen) atoms. The Bertz CT molecular complexity index is 1440. The Balaban J connectivity index is 1.51. The van der Waals surface area contributed by atoms with E-state index in [0.717, 1.165) is 22.6 Å². The molecule has 3 heterocycles. The zero-order valence-electron chi connectivity index (χ0n) is 19.2. The molecular weight excluding hydrogens is 449 g/mol. The van der Waals surface area contributed by atoms with E-state index in [1.165, 1.54) is 40.0 Å². The maximum Gasteiger partial charge on any atom is 0.283 e. The second-order valence-electron chi connectivity index (χ2n) is 8.44. The highest BCUT2D eigenvalue weighted by Crippen LogP contribution is 2.32. The topological polar surface area (TPSA) is 73.8 Å². The summed E-state index contributed by atoms with van der Waals surface area (Å²) in [5.41, 5.74) is 7.13. The van der Waals surface area contributed by atoms with Gasteiger partial charge in [-0.05, 0) is 105 Å². The highest BCUT2D eigenvalue weighted by molar-refractivity contribution is 8.27. The van der Waals surface area contributed by atoms with E-state index >= 15 is 0 Å². The normalized spacial score (nSPS) is 16.7. The molecule has 0 radical (unpaired) electrons. The minimum Gasteiger partial charge on any atom is -0.318 e. The number of rotatable bonds is 3. The number of nitrogens with zero attached hydrogens (tertiary/aromatic N) is 4. The van der Waals surface area contributed by atoms with Crippen molar-refractivity contribution in [1.82, 2.24) is 9.58 Å². The summed E-state index contributed by atoms with van der Waals surface area (Å²) in [7, 11) is 0. The van der Waals surface area contributed by atoms with Gasteiger partial charge in [0.1, 0.15) is 10.9 Å². The van der Waals surface area contributed by atoms with Crippen molar-refractivity contribution in [1.29, 1.82) is 5.41 Å². The molecule has 0 saturated heterocycles. The fourth-order valence-electron chi connectivity index (χ4n) is 4.27. The van der Waals surface area contributed by atoms with Crippen molar-refractivity contribution >= 4 is 39.8 Å². The first-order chi connectivity index (χ1) is 16.2. The number of carbonyl (C=O) groups is 1. The number of fused-ring (bicyclic) bond motifs is 1. The Hall–Kier alpha value is -3.78. The summed E-state index contributed by atoms with van der Waals surface area (Å²) in [5.74, 6) is -0.847. The lowest BCUT2D eigenvalue weighted by molar-refractivity contribution is -0.114. The monoisotopic (exact) mass is 471 g/mol. The average Bonchev–Trinajstić information content (AvgIpc) is 3.31. The number of halogens is 1. The van der Waals surface area contributed by atoms with Crippen LogP contribution < -0.4 is 0 Å². The molecular formula is C26H22FN5OS. The minimum atomic E-state index is -0.476. The van der Waals surface area contributed by atoms with Gasteiger partial charge in [0, 0.05) is 22.6 Å². The molecule has 0 unspecified atom stereocenters. The molecule has 1 aromatic heterocycles. The number of hydrogen-bond donors (Lipinski definition) is 1. The third kappa shape index (κ3) is 3.80. The van der Waals surface area contributed by atoms with Crippen LogP contribution in [0.3, 0.4) is 0 Å². The summed E-state index contributed by atoms with van der Waals surface area (Å²) in [6.45, 7) is 8.16. The van der Waals surface area contributed by atoms with Crippen molar-refractivity contribution in [3.8, 4) is 5.69 Å². The molecule has 5 rings (SSSR count). The quantitative estimate of drug-likeness (QED) is 0.512. The van der Waals surface area contributed by atoms with Gasteiger partial charge in [0.25, 0.3) is 5.91 Å². The van der Waals surface area contributed by atoms with Crippen LogP contribution in [0.2, 0.25) is 0 Å². The molecule has 1 N–H and O–H groups in total. The third-order valence-corrected chi connectivity index (χ3v) is 6.74. The fourth-order valence-corrected chi connectivity index (χ4v) is 5.16. The number of hydrogen-bond acceptors (Lipinski definition) is 4. The Kier molecular flexibility index (Phi) is 5.32. The van der Waals surface area contributed by atoms with Crippen molar-refractivity contribution in [2.75, 3.05) is 0 Å². The van der Waals surface area contributed by atoms with E-state index in [0.29, 0.717) is 15.8 Å². The van der Waals surface area contributed by atoms with Crippen molar-refractivity contribution in [2.24, 2.45) is 10.1 Å². The molecule has 170 valence electrons. The molecule has 0 spiro atoms. The van der Waals surface area contributed by atoms with Crippen LogP contribution in [0.5, 0.6) is 0 Å². The van der Waals surface area contributed by atoms with E-state index in [1.807, 2.05) is 19.9 Å². The van der Waals surface area contributed by atoms with Crippen LogP contribution in [-0.4, -0.2) is 31.5 Å². The number of thioether (sulfide) groups is 1. The van der Waals surface area contributed by atoms with Crippen molar-refractivity contribution < 1.29 is 9.18 Å². The van der Waals surface area contributed by atoms with Crippen LogP contribution in [0.25, 0.3) is 11.8 Å². The van der Waals surface area contributed by atoms with Gasteiger partial charge in [-0.25, -0.2) is 4.39 Å². The van der Waals surface area contributed by atoms with Crippen molar-refractivity contribution in [2.45, 2.75) is 27.7 Å². The fraction of sp³-hybridized carbons (Fsp3) is 0.154. The van der Waals surface area contributed by atoms with E-state index in [4.69, 9.17) is 5.41 Å².